The predicted molar refractivity (Wildman–Crippen MR) is 79.9 cm³/mol. The number of rotatable bonds is 5. The van der Waals surface area contributed by atoms with E-state index in [0.717, 1.165) is 18.8 Å². The van der Waals surface area contributed by atoms with Crippen molar-refractivity contribution in [1.29, 1.82) is 0 Å². The molecule has 1 N–H and O–H groups in total. The minimum Gasteiger partial charge on any atom is -0.462 e. The molecule has 0 radical (unpaired) electrons. The molecule has 0 unspecified atom stereocenters. The summed E-state index contributed by atoms with van der Waals surface area (Å²) in [5, 5.41) is 3.42. The number of nitrogens with one attached hydrogen (secondary N) is 1. The summed E-state index contributed by atoms with van der Waals surface area (Å²) in [5.41, 5.74) is 0.534. The Labute approximate surface area is 120 Å². The number of carbonyl (C=O) groups excluding carboxylic acids is 1. The first kappa shape index (κ1) is 14.8. The zero-order valence-electron chi connectivity index (χ0n) is 12.4. The van der Waals surface area contributed by atoms with Crippen LogP contribution in [-0.2, 0) is 4.74 Å². The normalized spacial score (nSPS) is 22.3. The lowest BCUT2D eigenvalue weighted by atomic mass is 9.84. The van der Waals surface area contributed by atoms with Gasteiger partial charge in [0.25, 0.3) is 0 Å². The number of anilines is 1. The van der Waals surface area contributed by atoms with Gasteiger partial charge in [-0.1, -0.05) is 13.3 Å². The molecule has 110 valence electrons. The number of esters is 1. The molecule has 4 nitrogen and oxygen atoms in total. The summed E-state index contributed by atoms with van der Waals surface area (Å²) in [6.07, 6.45) is 7.80. The van der Waals surface area contributed by atoms with Gasteiger partial charge < -0.3 is 10.1 Å². The maximum Gasteiger partial charge on any atom is 0.341 e. The summed E-state index contributed by atoms with van der Waals surface area (Å²) >= 11 is 0. The minimum atomic E-state index is -0.301. The zero-order chi connectivity index (χ0) is 14.4. The number of pyridine rings is 1. The van der Waals surface area contributed by atoms with Crippen LogP contribution in [0.2, 0.25) is 0 Å². The van der Waals surface area contributed by atoms with Crippen molar-refractivity contribution in [1.82, 2.24) is 4.98 Å². The smallest absolute Gasteiger partial charge is 0.341 e. The lowest BCUT2D eigenvalue weighted by Gasteiger charge is -2.29. The SMILES string of the molecule is CCOC(=O)c1cccnc1NC1CCC(CC)CC1. The number of ether oxygens (including phenoxy) is 1. The van der Waals surface area contributed by atoms with Crippen LogP contribution >= 0.6 is 0 Å². The molecule has 0 atom stereocenters. The molecule has 1 aliphatic carbocycles. The van der Waals surface area contributed by atoms with Crippen LogP contribution < -0.4 is 5.32 Å². The van der Waals surface area contributed by atoms with Gasteiger partial charge in [-0.15, -0.1) is 0 Å². The predicted octanol–water partition coefficient (Wildman–Crippen LogP) is 3.64. The standard InChI is InChI=1S/C16H24N2O2/c1-3-12-7-9-13(10-8-12)18-15-14(6-5-11-17-15)16(19)20-4-2/h5-6,11-13H,3-4,7-10H2,1-2H3,(H,17,18). The van der Waals surface area contributed by atoms with Gasteiger partial charge in [0.2, 0.25) is 0 Å². The molecule has 1 aromatic rings. The van der Waals surface area contributed by atoms with Crippen molar-refractivity contribution in [3.63, 3.8) is 0 Å². The van der Waals surface area contributed by atoms with Crippen molar-refractivity contribution >= 4 is 11.8 Å². The molecule has 0 amide bonds. The summed E-state index contributed by atoms with van der Waals surface area (Å²) in [5.74, 6) is 1.22. The second-order valence-corrected chi connectivity index (χ2v) is 5.39. The van der Waals surface area contributed by atoms with Crippen molar-refractivity contribution in [3.05, 3.63) is 23.9 Å². The van der Waals surface area contributed by atoms with Gasteiger partial charge in [0.1, 0.15) is 11.4 Å². The maximum atomic E-state index is 11.9. The summed E-state index contributed by atoms with van der Waals surface area (Å²) in [4.78, 5) is 16.2. The van der Waals surface area contributed by atoms with Crippen LogP contribution in [0.5, 0.6) is 0 Å². The van der Waals surface area contributed by atoms with Crippen LogP contribution in [0, 0.1) is 5.92 Å². The maximum absolute atomic E-state index is 11.9. The first-order chi connectivity index (χ1) is 9.74. The van der Waals surface area contributed by atoms with Crippen molar-refractivity contribution in [2.75, 3.05) is 11.9 Å². The highest BCUT2D eigenvalue weighted by atomic mass is 16.5. The highest BCUT2D eigenvalue weighted by molar-refractivity contribution is 5.94. The molecule has 1 saturated carbocycles. The number of carbonyl (C=O) groups is 1. The average molecular weight is 276 g/mol. The summed E-state index contributed by atoms with van der Waals surface area (Å²) in [7, 11) is 0. The second-order valence-electron chi connectivity index (χ2n) is 5.39. The molecule has 0 aromatic carbocycles. The largest absolute Gasteiger partial charge is 0.462 e. The van der Waals surface area contributed by atoms with Crippen molar-refractivity contribution in [3.8, 4) is 0 Å². The zero-order valence-corrected chi connectivity index (χ0v) is 12.4. The van der Waals surface area contributed by atoms with E-state index in [0.29, 0.717) is 24.0 Å². The Kier molecular flexibility index (Phi) is 5.39. The molecule has 1 fully saturated rings. The lowest BCUT2D eigenvalue weighted by molar-refractivity contribution is 0.0527. The van der Waals surface area contributed by atoms with Gasteiger partial charge in [0.05, 0.1) is 6.61 Å². The monoisotopic (exact) mass is 276 g/mol. The third-order valence-corrected chi connectivity index (χ3v) is 4.07. The number of hydrogen-bond acceptors (Lipinski definition) is 4. The van der Waals surface area contributed by atoms with E-state index < -0.39 is 0 Å². The van der Waals surface area contributed by atoms with Crippen LogP contribution in [-0.4, -0.2) is 23.6 Å². The molecule has 4 heteroatoms. The highest BCUT2D eigenvalue weighted by Gasteiger charge is 2.22. The van der Waals surface area contributed by atoms with Crippen LogP contribution in [0.1, 0.15) is 56.3 Å². The Balaban J connectivity index is 2.01. The molecule has 0 saturated heterocycles. The fourth-order valence-electron chi connectivity index (χ4n) is 2.80. The molecule has 0 aliphatic heterocycles. The molecule has 1 heterocycles. The van der Waals surface area contributed by atoms with Gasteiger partial charge in [0.15, 0.2) is 0 Å². The first-order valence-corrected chi connectivity index (χ1v) is 7.63. The van der Waals surface area contributed by atoms with Gasteiger partial charge in [0, 0.05) is 12.2 Å². The van der Waals surface area contributed by atoms with Crippen LogP contribution in [0.25, 0.3) is 0 Å². The van der Waals surface area contributed by atoms with Crippen LogP contribution in [0.15, 0.2) is 18.3 Å². The summed E-state index contributed by atoms with van der Waals surface area (Å²) in [6.45, 7) is 4.46. The van der Waals surface area contributed by atoms with E-state index in [2.05, 4.69) is 17.2 Å². The lowest BCUT2D eigenvalue weighted by Crippen LogP contribution is -2.27. The third kappa shape index (κ3) is 3.71. The molecule has 0 bridgehead atoms. The molecule has 0 spiro atoms. The van der Waals surface area contributed by atoms with Crippen molar-refractivity contribution in [2.45, 2.75) is 52.0 Å². The average Bonchev–Trinajstić information content (AvgIpc) is 2.49. The molecular weight excluding hydrogens is 252 g/mol. The van der Waals surface area contributed by atoms with E-state index in [4.69, 9.17) is 4.74 Å². The molecule has 20 heavy (non-hydrogen) atoms. The van der Waals surface area contributed by atoms with Gasteiger partial charge in [-0.2, -0.15) is 0 Å². The van der Waals surface area contributed by atoms with Crippen molar-refractivity contribution < 1.29 is 9.53 Å². The van der Waals surface area contributed by atoms with E-state index in [-0.39, 0.29) is 5.97 Å². The fourth-order valence-corrected chi connectivity index (χ4v) is 2.80. The Bertz CT molecular complexity index is 440. The number of nitrogens with zero attached hydrogens (tertiary/aromatic N) is 1. The number of hydrogen-bond donors (Lipinski definition) is 1. The minimum absolute atomic E-state index is 0.301. The summed E-state index contributed by atoms with van der Waals surface area (Å²) < 4.78 is 5.07. The van der Waals surface area contributed by atoms with Crippen LogP contribution in [0.4, 0.5) is 5.82 Å². The van der Waals surface area contributed by atoms with E-state index >= 15 is 0 Å². The first-order valence-electron chi connectivity index (χ1n) is 7.63. The molecule has 1 aliphatic rings. The van der Waals surface area contributed by atoms with E-state index in [1.165, 1.54) is 19.3 Å². The van der Waals surface area contributed by atoms with E-state index in [9.17, 15) is 4.79 Å². The molecule has 1 aromatic heterocycles. The Hall–Kier alpha value is -1.58. The third-order valence-electron chi connectivity index (χ3n) is 4.07. The Morgan fingerprint density at radius 3 is 2.75 bits per heavy atom. The highest BCUT2D eigenvalue weighted by Crippen LogP contribution is 2.28. The van der Waals surface area contributed by atoms with Gasteiger partial charge in [-0.05, 0) is 50.7 Å². The van der Waals surface area contributed by atoms with Gasteiger partial charge in [-0.3, -0.25) is 0 Å². The van der Waals surface area contributed by atoms with Crippen molar-refractivity contribution in [2.24, 2.45) is 5.92 Å². The Morgan fingerprint density at radius 2 is 2.10 bits per heavy atom. The number of aromatic nitrogens is 1. The van der Waals surface area contributed by atoms with Gasteiger partial charge >= 0.3 is 5.97 Å². The second kappa shape index (κ2) is 7.27. The van der Waals surface area contributed by atoms with Gasteiger partial charge in [-0.25, -0.2) is 9.78 Å². The topological polar surface area (TPSA) is 51.2 Å². The van der Waals surface area contributed by atoms with Crippen LogP contribution in [0.3, 0.4) is 0 Å². The molecule has 2 rings (SSSR count). The van der Waals surface area contributed by atoms with E-state index in [1.54, 1.807) is 18.3 Å². The summed E-state index contributed by atoms with van der Waals surface area (Å²) in [6, 6.07) is 3.96. The Morgan fingerprint density at radius 1 is 1.35 bits per heavy atom. The molecular formula is C16H24N2O2. The fraction of sp³-hybridized carbons (Fsp3) is 0.625. The van der Waals surface area contributed by atoms with E-state index in [1.807, 2.05) is 6.92 Å². The quantitative estimate of drug-likeness (QED) is 0.834.